The average Bonchev–Trinajstić information content (AvgIpc) is 3.14. The van der Waals surface area contributed by atoms with E-state index >= 15 is 0 Å². The monoisotopic (exact) mass is 349 g/mol. The van der Waals surface area contributed by atoms with Crippen molar-refractivity contribution in [2.45, 2.75) is 38.6 Å². The van der Waals surface area contributed by atoms with Crippen LogP contribution in [0.5, 0.6) is 0 Å². The fraction of sp³-hybridized carbons (Fsp3) is 0.706. The second kappa shape index (κ2) is 8.55. The van der Waals surface area contributed by atoms with Gasteiger partial charge in [0.05, 0.1) is 0 Å². The van der Waals surface area contributed by atoms with Crippen molar-refractivity contribution in [2.24, 2.45) is 5.92 Å². The maximum atomic E-state index is 12.1. The van der Waals surface area contributed by atoms with Crippen LogP contribution in [0.25, 0.3) is 0 Å². The number of anilines is 1. The Hall–Kier alpha value is -1.50. The van der Waals surface area contributed by atoms with E-state index in [1.54, 1.807) is 6.33 Å². The molecule has 2 saturated heterocycles. The van der Waals surface area contributed by atoms with Crippen molar-refractivity contribution < 1.29 is 4.79 Å². The second-order valence-corrected chi connectivity index (χ2v) is 7.74. The zero-order valence-corrected chi connectivity index (χ0v) is 15.1. The molecule has 0 bridgehead atoms. The lowest BCUT2D eigenvalue weighted by Gasteiger charge is -2.34. The highest BCUT2D eigenvalue weighted by atomic mass is 32.2. The minimum absolute atomic E-state index is 0.0318. The fourth-order valence-corrected chi connectivity index (χ4v) is 4.56. The van der Waals surface area contributed by atoms with E-state index in [9.17, 15) is 4.79 Å². The highest BCUT2D eigenvalue weighted by Crippen LogP contribution is 2.22. The van der Waals surface area contributed by atoms with Gasteiger partial charge in [-0.25, -0.2) is 14.8 Å². The minimum Gasteiger partial charge on any atom is -0.354 e. The highest BCUT2D eigenvalue weighted by molar-refractivity contribution is 7.99. The standard InChI is InChI=1S/C17H27N5OS/c1-2-14-8-16(20-12-19-14)22-6-3-4-15(10-22)21-17(23)18-9-13-5-7-24-11-13/h8,12-13,15H,2-7,9-11H2,1H3,(H2,18,21,23). The molecular formula is C17H27N5OS. The Morgan fingerprint density at radius 3 is 3.12 bits per heavy atom. The third-order valence-corrected chi connectivity index (χ3v) is 5.96. The Bertz CT molecular complexity index is 550. The number of hydrogen-bond acceptors (Lipinski definition) is 5. The van der Waals surface area contributed by atoms with Gasteiger partial charge in [-0.3, -0.25) is 0 Å². The Morgan fingerprint density at radius 1 is 1.42 bits per heavy atom. The van der Waals surface area contributed by atoms with Crippen LogP contribution in [0.4, 0.5) is 10.6 Å². The van der Waals surface area contributed by atoms with Gasteiger partial charge >= 0.3 is 6.03 Å². The number of carbonyl (C=O) groups is 1. The molecular weight excluding hydrogens is 322 g/mol. The van der Waals surface area contributed by atoms with Gasteiger partial charge in [0.1, 0.15) is 12.1 Å². The van der Waals surface area contributed by atoms with Crippen molar-refractivity contribution in [3.63, 3.8) is 0 Å². The summed E-state index contributed by atoms with van der Waals surface area (Å²) >= 11 is 1.98. The third-order valence-electron chi connectivity index (χ3n) is 4.73. The van der Waals surface area contributed by atoms with E-state index in [1.807, 2.05) is 11.8 Å². The molecule has 3 rings (SSSR count). The van der Waals surface area contributed by atoms with Crippen molar-refractivity contribution in [2.75, 3.05) is 36.0 Å². The summed E-state index contributed by atoms with van der Waals surface area (Å²) in [5.74, 6) is 4.00. The summed E-state index contributed by atoms with van der Waals surface area (Å²) in [6.45, 7) is 4.69. The molecule has 2 aliphatic rings. The fourth-order valence-electron chi connectivity index (χ4n) is 3.27. The molecule has 3 heterocycles. The normalized spacial score (nSPS) is 24.0. The molecule has 2 fully saturated rings. The molecule has 2 unspecified atom stereocenters. The van der Waals surface area contributed by atoms with Crippen molar-refractivity contribution in [1.82, 2.24) is 20.6 Å². The first-order chi connectivity index (χ1) is 11.7. The largest absolute Gasteiger partial charge is 0.354 e. The van der Waals surface area contributed by atoms with Crippen LogP contribution in [0.1, 0.15) is 31.9 Å². The van der Waals surface area contributed by atoms with E-state index in [0.717, 1.165) is 50.4 Å². The Morgan fingerprint density at radius 2 is 2.33 bits per heavy atom. The molecule has 1 aromatic heterocycles. The van der Waals surface area contributed by atoms with Crippen LogP contribution in [0, 0.1) is 5.92 Å². The molecule has 0 spiro atoms. The summed E-state index contributed by atoms with van der Waals surface area (Å²) in [5.41, 5.74) is 1.06. The number of nitrogens with one attached hydrogen (secondary N) is 2. The molecule has 6 nitrogen and oxygen atoms in total. The van der Waals surface area contributed by atoms with Gasteiger partial charge in [-0.1, -0.05) is 6.92 Å². The Balaban J connectivity index is 1.48. The van der Waals surface area contributed by atoms with E-state index < -0.39 is 0 Å². The number of thioether (sulfide) groups is 1. The molecule has 0 saturated carbocycles. The predicted octanol–water partition coefficient (Wildman–Crippen LogP) is 2.06. The molecule has 0 aliphatic carbocycles. The van der Waals surface area contributed by atoms with Gasteiger partial charge in [0.25, 0.3) is 0 Å². The van der Waals surface area contributed by atoms with Gasteiger partial charge < -0.3 is 15.5 Å². The molecule has 7 heteroatoms. The van der Waals surface area contributed by atoms with Crippen molar-refractivity contribution in [1.29, 1.82) is 0 Å². The van der Waals surface area contributed by atoms with Gasteiger partial charge in [-0.05, 0) is 43.1 Å². The molecule has 2 aliphatic heterocycles. The number of aryl methyl sites for hydroxylation is 1. The topological polar surface area (TPSA) is 70.2 Å². The lowest BCUT2D eigenvalue weighted by Crippen LogP contribution is -2.51. The zero-order chi connectivity index (χ0) is 16.8. The van der Waals surface area contributed by atoms with Crippen molar-refractivity contribution in [3.05, 3.63) is 18.1 Å². The molecule has 0 aromatic carbocycles. The van der Waals surface area contributed by atoms with Crippen LogP contribution in [0.3, 0.4) is 0 Å². The molecule has 2 N–H and O–H groups in total. The summed E-state index contributed by atoms with van der Waals surface area (Å²) in [6.07, 6.45) is 5.85. The first-order valence-electron chi connectivity index (χ1n) is 8.92. The van der Waals surface area contributed by atoms with Gasteiger partial charge in [0.2, 0.25) is 0 Å². The van der Waals surface area contributed by atoms with E-state index in [0.29, 0.717) is 5.92 Å². The van der Waals surface area contributed by atoms with Crippen LogP contribution < -0.4 is 15.5 Å². The molecule has 2 amide bonds. The number of urea groups is 1. The Labute approximate surface area is 148 Å². The molecule has 132 valence electrons. The van der Waals surface area contributed by atoms with Gasteiger partial charge in [-0.2, -0.15) is 11.8 Å². The molecule has 0 radical (unpaired) electrons. The first kappa shape index (κ1) is 17.3. The predicted molar refractivity (Wildman–Crippen MR) is 98.6 cm³/mol. The number of amides is 2. The van der Waals surface area contributed by atoms with Crippen LogP contribution in [-0.2, 0) is 6.42 Å². The summed E-state index contributed by atoms with van der Waals surface area (Å²) in [6, 6.07) is 2.20. The summed E-state index contributed by atoms with van der Waals surface area (Å²) in [4.78, 5) is 23.1. The number of hydrogen-bond donors (Lipinski definition) is 2. The third kappa shape index (κ3) is 4.75. The number of aromatic nitrogens is 2. The lowest BCUT2D eigenvalue weighted by molar-refractivity contribution is 0.233. The van der Waals surface area contributed by atoms with Crippen LogP contribution in [0.2, 0.25) is 0 Å². The first-order valence-corrected chi connectivity index (χ1v) is 10.1. The SMILES string of the molecule is CCc1cc(N2CCCC(NC(=O)NCC3CCSC3)C2)ncn1. The number of nitrogens with zero attached hydrogens (tertiary/aromatic N) is 3. The summed E-state index contributed by atoms with van der Waals surface area (Å²) in [7, 11) is 0. The Kier molecular flexibility index (Phi) is 6.18. The van der Waals surface area contributed by atoms with Crippen molar-refractivity contribution in [3.8, 4) is 0 Å². The van der Waals surface area contributed by atoms with Crippen LogP contribution in [0.15, 0.2) is 12.4 Å². The van der Waals surface area contributed by atoms with E-state index in [2.05, 4.69) is 38.5 Å². The lowest BCUT2D eigenvalue weighted by atomic mass is 10.1. The summed E-state index contributed by atoms with van der Waals surface area (Å²) in [5, 5.41) is 6.17. The van der Waals surface area contributed by atoms with Crippen LogP contribution in [-0.4, -0.2) is 53.2 Å². The number of rotatable bonds is 5. The van der Waals surface area contributed by atoms with E-state index in [-0.39, 0.29) is 12.1 Å². The average molecular weight is 350 g/mol. The highest BCUT2D eigenvalue weighted by Gasteiger charge is 2.23. The smallest absolute Gasteiger partial charge is 0.315 e. The maximum absolute atomic E-state index is 12.1. The number of piperidine rings is 1. The minimum atomic E-state index is -0.0318. The van der Waals surface area contributed by atoms with Crippen molar-refractivity contribution >= 4 is 23.6 Å². The maximum Gasteiger partial charge on any atom is 0.315 e. The van der Waals surface area contributed by atoms with Gasteiger partial charge in [0.15, 0.2) is 0 Å². The summed E-state index contributed by atoms with van der Waals surface area (Å²) < 4.78 is 0. The van der Waals surface area contributed by atoms with Gasteiger partial charge in [0, 0.05) is 37.4 Å². The van der Waals surface area contributed by atoms with E-state index in [1.165, 1.54) is 17.9 Å². The molecule has 1 aromatic rings. The molecule has 24 heavy (non-hydrogen) atoms. The van der Waals surface area contributed by atoms with Crippen LogP contribution >= 0.6 is 11.8 Å². The molecule has 2 atom stereocenters. The zero-order valence-electron chi connectivity index (χ0n) is 14.3. The number of carbonyl (C=O) groups excluding carboxylic acids is 1. The van der Waals surface area contributed by atoms with Gasteiger partial charge in [-0.15, -0.1) is 0 Å². The quantitative estimate of drug-likeness (QED) is 0.851. The van der Waals surface area contributed by atoms with E-state index in [4.69, 9.17) is 0 Å². The second-order valence-electron chi connectivity index (χ2n) is 6.59.